The number of fused-ring (bicyclic) bond motifs is 1. The molecule has 0 saturated heterocycles. The Morgan fingerprint density at radius 2 is 1.30 bits per heavy atom. The minimum absolute atomic E-state index is 0. The van der Waals surface area contributed by atoms with Crippen molar-refractivity contribution < 1.29 is 86.2 Å². The van der Waals surface area contributed by atoms with Crippen LogP contribution in [-0.4, -0.2) is 97.0 Å². The van der Waals surface area contributed by atoms with Gasteiger partial charge in [-0.25, -0.2) is 33.7 Å². The van der Waals surface area contributed by atoms with Crippen molar-refractivity contribution in [2.24, 2.45) is 10.2 Å². The van der Waals surface area contributed by atoms with E-state index in [1.54, 1.807) is 13.0 Å². The Hall–Kier alpha value is -2.53. The number of benzene rings is 3. The van der Waals surface area contributed by atoms with Crippen LogP contribution >= 0.6 is 23.5 Å². The van der Waals surface area contributed by atoms with Gasteiger partial charge < -0.3 is 28.3 Å². The summed E-state index contributed by atoms with van der Waals surface area (Å²) in [6.45, 7) is 1.62. The van der Waals surface area contributed by atoms with Crippen molar-refractivity contribution in [1.29, 1.82) is 0 Å². The van der Waals surface area contributed by atoms with E-state index in [1.807, 2.05) is 0 Å². The number of hydrogen-bond acceptors (Lipinski definition) is 21. The van der Waals surface area contributed by atoms with Crippen molar-refractivity contribution >= 4 is 97.8 Å². The van der Waals surface area contributed by atoms with Gasteiger partial charge in [-0.1, -0.05) is 35.7 Å². The summed E-state index contributed by atoms with van der Waals surface area (Å²) in [5, 5.41) is 10.7. The molecule has 0 unspecified atom stereocenters. The average molecular weight is 858 g/mol. The number of methoxy groups -OCH3 is 1. The molecule has 0 aliphatic carbocycles. The normalized spacial score (nSPS) is 12.6. The molecule has 1 aromatic heterocycles. The minimum atomic E-state index is -5.15. The summed E-state index contributed by atoms with van der Waals surface area (Å²) in [6, 6.07) is 8.25. The van der Waals surface area contributed by atoms with E-state index in [2.05, 4.69) is 30.5 Å². The van der Waals surface area contributed by atoms with E-state index < -0.39 is 61.8 Å². The fraction of sp³-hybridized carbons (Fsp3) is 0.296. The summed E-state index contributed by atoms with van der Waals surface area (Å²) in [6.07, 6.45) is 0.0356. The SMILES string of the molecule is COc1cc(N=Nc2cc(S(=O)(=O)[O-])c3cccc(S(=O)(=O)[O-])c3c2)c(C)cc1Nc1nc(SCCCS(=O)(=O)[O-])nc(SCCCS(=O)(=O)[O-])n1.[Na+]. The van der Waals surface area contributed by atoms with Crippen LogP contribution < -0.4 is 39.6 Å². The molecule has 0 saturated carbocycles. The predicted molar refractivity (Wildman–Crippen MR) is 185 cm³/mol. The van der Waals surface area contributed by atoms with Crippen LogP contribution in [0.15, 0.2) is 72.8 Å². The topological polar surface area (TPSA) is 313 Å². The van der Waals surface area contributed by atoms with Gasteiger partial charge in [0.1, 0.15) is 26.0 Å². The van der Waals surface area contributed by atoms with Crippen LogP contribution in [0.2, 0.25) is 0 Å². The summed E-state index contributed by atoms with van der Waals surface area (Å²) in [7, 11) is -17.8. The Labute approximate surface area is 335 Å². The van der Waals surface area contributed by atoms with Crippen molar-refractivity contribution in [1.82, 2.24) is 15.0 Å². The second-order valence-corrected chi connectivity index (χ2v) is 18.4. The van der Waals surface area contributed by atoms with Crippen LogP contribution in [0, 0.1) is 6.92 Å². The van der Waals surface area contributed by atoms with E-state index in [-0.39, 0.29) is 98.1 Å². The number of aromatic nitrogens is 3. The Balaban J connectivity index is 0.00000756. The fourth-order valence-electron chi connectivity index (χ4n) is 4.40. The van der Waals surface area contributed by atoms with Gasteiger partial charge in [-0.05, 0) is 49.6 Å². The number of nitrogens with zero attached hydrogens (tertiary/aromatic N) is 5. The van der Waals surface area contributed by atoms with Crippen LogP contribution in [0.1, 0.15) is 18.4 Å². The Morgan fingerprint density at radius 3 is 1.81 bits per heavy atom. The van der Waals surface area contributed by atoms with Crippen LogP contribution in [0.3, 0.4) is 0 Å². The van der Waals surface area contributed by atoms with Crippen molar-refractivity contribution in [2.45, 2.75) is 39.9 Å². The second kappa shape index (κ2) is 18.4. The van der Waals surface area contributed by atoms with Crippen LogP contribution in [0.25, 0.3) is 10.8 Å². The number of azo groups is 1. The minimum Gasteiger partial charge on any atom is -0.748 e. The third-order valence-electron chi connectivity index (χ3n) is 6.61. The monoisotopic (exact) mass is 857 g/mol. The smallest absolute Gasteiger partial charge is 0.748 e. The number of anilines is 2. The molecule has 0 amide bonds. The Morgan fingerprint density at radius 1 is 0.736 bits per heavy atom. The summed E-state index contributed by atoms with van der Waals surface area (Å²) in [5.41, 5.74) is 0.703. The standard InChI is InChI=1S/C27H30N6O13S6.Na/c1-16-12-21(28-25-29-26(47-8-4-10-49(34,35)36)31-27(30-25)48-9-5-11-50(37,38)39)22(46-2)15-20(16)33-32-17-13-19-18(24(14-17)52(43,44)45)6-3-7-23(19)51(40,41)42;/h3,6-7,12-15H,4-5,8-11H2,1-2H3,(H,34,35,36)(H,37,38,39)(H,40,41,42)(H,43,44,45)(H,28,29,30,31);/q;+1/p-4. The van der Waals surface area contributed by atoms with Crippen molar-refractivity contribution in [3.05, 3.63) is 48.0 Å². The molecular formula is C27H26N6NaO13S6-3. The zero-order chi connectivity index (χ0) is 38.5. The number of thioether (sulfide) groups is 2. The first-order chi connectivity index (χ1) is 24.1. The molecule has 0 aliphatic heterocycles. The third-order valence-corrected chi connectivity index (χ3v) is 11.8. The number of aryl methyl sites for hydroxylation is 1. The van der Waals surface area contributed by atoms with Crippen LogP contribution in [-0.2, 0) is 40.5 Å². The largest absolute Gasteiger partial charge is 1.00 e. The molecule has 0 fully saturated rings. The number of hydrogen-bond donors (Lipinski definition) is 1. The third kappa shape index (κ3) is 13.6. The van der Waals surface area contributed by atoms with Gasteiger partial charge in [-0.3, -0.25) is 0 Å². The quantitative estimate of drug-likeness (QED) is 0.0493. The van der Waals surface area contributed by atoms with Gasteiger partial charge in [0.2, 0.25) is 5.95 Å². The molecular weight excluding hydrogens is 832 g/mol. The molecule has 0 bridgehead atoms. The fourth-order valence-corrected chi connectivity index (χ4v) is 8.76. The molecule has 3 aromatic carbocycles. The Kier molecular flexibility index (Phi) is 15.6. The molecule has 0 spiro atoms. The molecule has 1 heterocycles. The summed E-state index contributed by atoms with van der Waals surface area (Å²) in [4.78, 5) is 11.3. The van der Waals surface area contributed by atoms with E-state index in [1.165, 1.54) is 19.2 Å². The van der Waals surface area contributed by atoms with Gasteiger partial charge in [0.25, 0.3) is 0 Å². The number of rotatable bonds is 17. The summed E-state index contributed by atoms with van der Waals surface area (Å²) in [5.74, 6) is -0.690. The molecule has 19 nitrogen and oxygen atoms in total. The average Bonchev–Trinajstić information content (AvgIpc) is 3.02. The molecule has 26 heteroatoms. The van der Waals surface area contributed by atoms with Gasteiger partial charge in [-0.15, -0.1) is 0 Å². The first-order valence-electron chi connectivity index (χ1n) is 14.4. The summed E-state index contributed by atoms with van der Waals surface area (Å²) < 4.78 is 143. The van der Waals surface area contributed by atoms with Crippen molar-refractivity contribution in [2.75, 3.05) is 35.4 Å². The first-order valence-corrected chi connectivity index (χ1v) is 22.3. The van der Waals surface area contributed by atoms with Crippen molar-refractivity contribution in [3.63, 3.8) is 0 Å². The molecule has 4 aromatic rings. The first kappa shape index (κ1) is 44.9. The zero-order valence-corrected chi connectivity index (χ0v) is 34.7. The van der Waals surface area contributed by atoms with E-state index in [4.69, 9.17) is 4.74 Å². The van der Waals surface area contributed by atoms with E-state index in [0.29, 0.717) is 11.3 Å². The molecule has 0 aliphatic rings. The van der Waals surface area contributed by atoms with Crippen molar-refractivity contribution in [3.8, 4) is 5.75 Å². The zero-order valence-electron chi connectivity index (χ0n) is 27.8. The van der Waals surface area contributed by atoms with E-state index in [0.717, 1.165) is 47.8 Å². The summed E-state index contributed by atoms with van der Waals surface area (Å²) >= 11 is 2.07. The maximum Gasteiger partial charge on any atom is 1.00 e. The van der Waals surface area contributed by atoms with Crippen LogP contribution in [0.4, 0.5) is 23.0 Å². The molecule has 1 N–H and O–H groups in total. The van der Waals surface area contributed by atoms with Crippen LogP contribution in [0.5, 0.6) is 5.75 Å². The molecule has 282 valence electrons. The molecule has 0 radical (unpaired) electrons. The van der Waals surface area contributed by atoms with Gasteiger partial charge in [0.05, 0.1) is 54.2 Å². The molecule has 4 rings (SSSR count). The number of ether oxygens (including phenoxy) is 1. The second-order valence-electron chi connectivity index (χ2n) is 10.5. The Bertz CT molecular complexity index is 2410. The molecule has 0 atom stereocenters. The van der Waals surface area contributed by atoms with Gasteiger partial charge in [0, 0.05) is 39.9 Å². The maximum atomic E-state index is 12.0. The van der Waals surface area contributed by atoms with Gasteiger partial charge >= 0.3 is 29.6 Å². The number of nitrogens with one attached hydrogen (secondary N) is 1. The van der Waals surface area contributed by atoms with E-state index >= 15 is 0 Å². The predicted octanol–water partition coefficient (Wildman–Crippen LogP) is 0.368. The molecule has 53 heavy (non-hydrogen) atoms. The van der Waals surface area contributed by atoms with Gasteiger partial charge in [-0.2, -0.15) is 25.2 Å². The van der Waals surface area contributed by atoms with Gasteiger partial charge in [0.15, 0.2) is 10.3 Å². The van der Waals surface area contributed by atoms with E-state index in [9.17, 15) is 51.9 Å². The maximum absolute atomic E-state index is 12.0.